The average Bonchev–Trinajstić information content (AvgIpc) is 3.40. The van der Waals surface area contributed by atoms with Crippen LogP contribution in [0.3, 0.4) is 0 Å². The third-order valence-electron chi connectivity index (χ3n) is 4.39. The van der Waals surface area contributed by atoms with Crippen LogP contribution in [0.1, 0.15) is 46.4 Å². The van der Waals surface area contributed by atoms with Crippen molar-refractivity contribution >= 4 is 57.1 Å². The van der Waals surface area contributed by atoms with E-state index in [0.29, 0.717) is 22.2 Å². The number of anilines is 2. The first kappa shape index (κ1) is 24.2. The van der Waals surface area contributed by atoms with E-state index in [-0.39, 0.29) is 18.1 Å². The predicted molar refractivity (Wildman–Crippen MR) is 130 cm³/mol. The smallest absolute Gasteiger partial charge is 0.309 e. The summed E-state index contributed by atoms with van der Waals surface area (Å²) in [5.41, 5.74) is 1.29. The number of nitrogens with zero attached hydrogens (tertiary/aromatic N) is 1. The molecule has 0 fully saturated rings. The third kappa shape index (κ3) is 7.32. The fourth-order valence-electron chi connectivity index (χ4n) is 2.83. The molecule has 0 unspecified atom stereocenters. The van der Waals surface area contributed by atoms with Gasteiger partial charge in [-0.25, -0.2) is 9.37 Å². The summed E-state index contributed by atoms with van der Waals surface area (Å²) in [6.07, 6.45) is 3.23. The van der Waals surface area contributed by atoms with E-state index in [2.05, 4.69) is 22.5 Å². The molecule has 2 heterocycles. The van der Waals surface area contributed by atoms with Crippen molar-refractivity contribution in [2.75, 3.05) is 16.4 Å². The van der Waals surface area contributed by atoms with Gasteiger partial charge in [-0.05, 0) is 42.5 Å². The van der Waals surface area contributed by atoms with Crippen LogP contribution >= 0.6 is 34.4 Å². The summed E-state index contributed by atoms with van der Waals surface area (Å²) in [5, 5.41) is 16.9. The van der Waals surface area contributed by atoms with Crippen molar-refractivity contribution in [2.24, 2.45) is 0 Å². The number of carbonyl (C=O) groups is 2. The number of benzene rings is 1. The molecule has 1 aromatic carbocycles. The maximum atomic E-state index is 13.7. The summed E-state index contributed by atoms with van der Waals surface area (Å²) < 4.78 is 13.7. The molecular weight excluding hydrogens is 469 g/mol. The zero-order chi connectivity index (χ0) is 22.9. The van der Waals surface area contributed by atoms with Gasteiger partial charge < -0.3 is 10.4 Å². The molecule has 1 amide bonds. The topological polar surface area (TPSA) is 91.3 Å². The van der Waals surface area contributed by atoms with Crippen LogP contribution in [0.4, 0.5) is 15.2 Å². The molecule has 3 N–H and O–H groups in total. The molecule has 0 aliphatic heterocycles. The number of hydrogen-bond donors (Lipinski definition) is 3. The second kappa shape index (κ2) is 12.0. The van der Waals surface area contributed by atoms with Gasteiger partial charge in [-0.1, -0.05) is 19.8 Å². The molecule has 2 aromatic heterocycles. The minimum atomic E-state index is -0.966. The Hall–Kier alpha value is -2.43. The first-order valence-corrected chi connectivity index (χ1v) is 12.8. The minimum absolute atomic E-state index is 0.177. The second-order valence-corrected chi connectivity index (χ2v) is 10.1. The van der Waals surface area contributed by atoms with E-state index in [9.17, 15) is 14.0 Å². The molecular formula is C22H24FN3O3S3. The maximum absolute atomic E-state index is 13.7. The SMILES string of the molecule is CCCCCSc1cc(F)ccc1NCc1ccc(C(=O)Nc2nc(CC(=O)O)cs2)s1. The Bertz CT molecular complexity index is 1070. The molecule has 0 aliphatic rings. The minimum Gasteiger partial charge on any atom is -0.481 e. The summed E-state index contributed by atoms with van der Waals surface area (Å²) in [5.74, 6) is -0.559. The van der Waals surface area contributed by atoms with Crippen molar-refractivity contribution in [2.45, 2.75) is 44.0 Å². The molecule has 0 bridgehead atoms. The van der Waals surface area contributed by atoms with Gasteiger partial charge in [-0.3, -0.25) is 14.9 Å². The molecule has 6 nitrogen and oxygen atoms in total. The van der Waals surface area contributed by atoms with Crippen LogP contribution in [0.5, 0.6) is 0 Å². The van der Waals surface area contributed by atoms with Crippen LogP contribution in [0, 0.1) is 5.82 Å². The normalized spacial score (nSPS) is 10.8. The lowest BCUT2D eigenvalue weighted by Gasteiger charge is -2.11. The van der Waals surface area contributed by atoms with Crippen LogP contribution in [0.15, 0.2) is 40.6 Å². The summed E-state index contributed by atoms with van der Waals surface area (Å²) in [7, 11) is 0. The largest absolute Gasteiger partial charge is 0.481 e. The zero-order valence-electron chi connectivity index (χ0n) is 17.5. The van der Waals surface area contributed by atoms with Crippen molar-refractivity contribution in [3.05, 3.63) is 57.0 Å². The number of amides is 1. The van der Waals surface area contributed by atoms with E-state index in [1.807, 2.05) is 6.07 Å². The average molecular weight is 494 g/mol. The summed E-state index contributed by atoms with van der Waals surface area (Å²) in [6, 6.07) is 8.36. The van der Waals surface area contributed by atoms with Gasteiger partial charge in [0.15, 0.2) is 5.13 Å². The van der Waals surface area contributed by atoms with Gasteiger partial charge in [0.25, 0.3) is 5.91 Å². The fourth-order valence-corrected chi connectivity index (χ4v) is 5.44. The molecule has 0 atom stereocenters. The van der Waals surface area contributed by atoms with Gasteiger partial charge in [-0.2, -0.15) is 0 Å². The molecule has 0 spiro atoms. The molecule has 3 rings (SSSR count). The van der Waals surface area contributed by atoms with Gasteiger partial charge in [0.1, 0.15) is 5.82 Å². The number of halogens is 1. The quantitative estimate of drug-likeness (QED) is 0.208. The number of thioether (sulfide) groups is 1. The molecule has 0 aliphatic carbocycles. The molecule has 0 saturated heterocycles. The van der Waals surface area contributed by atoms with Crippen LogP contribution < -0.4 is 10.6 Å². The van der Waals surface area contributed by atoms with Gasteiger partial charge in [0, 0.05) is 27.4 Å². The number of carboxylic acids is 1. The van der Waals surface area contributed by atoms with Gasteiger partial charge in [-0.15, -0.1) is 34.4 Å². The van der Waals surface area contributed by atoms with Crippen molar-refractivity contribution in [3.63, 3.8) is 0 Å². The van der Waals surface area contributed by atoms with E-state index in [4.69, 9.17) is 5.11 Å². The number of thiazole rings is 1. The highest BCUT2D eigenvalue weighted by molar-refractivity contribution is 7.99. The highest BCUT2D eigenvalue weighted by atomic mass is 32.2. The lowest BCUT2D eigenvalue weighted by Crippen LogP contribution is -2.10. The molecule has 3 aromatic rings. The Balaban J connectivity index is 1.56. The van der Waals surface area contributed by atoms with Gasteiger partial charge in [0.2, 0.25) is 0 Å². The van der Waals surface area contributed by atoms with Gasteiger partial charge >= 0.3 is 5.97 Å². The second-order valence-electron chi connectivity index (χ2n) is 6.98. The first-order chi connectivity index (χ1) is 15.4. The number of nitrogens with one attached hydrogen (secondary N) is 2. The lowest BCUT2D eigenvalue weighted by atomic mass is 10.3. The number of aliphatic carboxylic acids is 1. The Labute approximate surface area is 198 Å². The Morgan fingerprint density at radius 3 is 2.84 bits per heavy atom. The number of thiophene rings is 1. The number of carbonyl (C=O) groups excluding carboxylic acids is 1. The standard InChI is InChI=1S/C22H24FN3O3S3/c1-2-3-4-9-30-19-10-14(23)5-7-17(19)24-12-16-6-8-18(32-16)21(29)26-22-25-15(13-31-22)11-20(27)28/h5-8,10,13,24H,2-4,9,11-12H2,1H3,(H,27,28)(H,25,26,29). The molecule has 0 saturated carbocycles. The fraction of sp³-hybridized carbons (Fsp3) is 0.318. The van der Waals surface area contributed by atoms with Crippen LogP contribution in [-0.4, -0.2) is 27.7 Å². The maximum Gasteiger partial charge on any atom is 0.309 e. The van der Waals surface area contributed by atoms with Crippen molar-refractivity contribution in [1.82, 2.24) is 4.98 Å². The number of rotatable bonds is 12. The number of aromatic nitrogens is 1. The number of unbranched alkanes of at least 4 members (excludes halogenated alkanes) is 2. The predicted octanol–water partition coefficient (Wildman–Crippen LogP) is 6.12. The van der Waals surface area contributed by atoms with Crippen LogP contribution in [0.2, 0.25) is 0 Å². The van der Waals surface area contributed by atoms with E-state index < -0.39 is 5.97 Å². The van der Waals surface area contributed by atoms with E-state index in [0.717, 1.165) is 40.5 Å². The number of hydrogen-bond acceptors (Lipinski definition) is 7. The highest BCUT2D eigenvalue weighted by Crippen LogP contribution is 2.30. The molecule has 32 heavy (non-hydrogen) atoms. The van der Waals surface area contributed by atoms with Crippen LogP contribution in [-0.2, 0) is 17.8 Å². The monoisotopic (exact) mass is 493 g/mol. The van der Waals surface area contributed by atoms with Crippen molar-refractivity contribution in [3.8, 4) is 0 Å². The Kier molecular flexibility index (Phi) is 9.07. The number of carboxylic acid groups (broad SMARTS) is 1. The van der Waals surface area contributed by atoms with E-state index >= 15 is 0 Å². The summed E-state index contributed by atoms with van der Waals surface area (Å²) >= 11 is 4.20. The Morgan fingerprint density at radius 2 is 2.06 bits per heavy atom. The van der Waals surface area contributed by atoms with Crippen molar-refractivity contribution < 1.29 is 19.1 Å². The first-order valence-electron chi connectivity index (χ1n) is 10.2. The lowest BCUT2D eigenvalue weighted by molar-refractivity contribution is -0.136. The molecule has 10 heteroatoms. The van der Waals surface area contributed by atoms with Gasteiger partial charge in [0.05, 0.1) is 17.0 Å². The summed E-state index contributed by atoms with van der Waals surface area (Å²) in [6.45, 7) is 2.68. The zero-order valence-corrected chi connectivity index (χ0v) is 20.0. The third-order valence-corrected chi connectivity index (χ3v) is 7.42. The van der Waals surface area contributed by atoms with Crippen molar-refractivity contribution in [1.29, 1.82) is 0 Å². The van der Waals surface area contributed by atoms with E-state index in [1.165, 1.54) is 28.7 Å². The van der Waals surface area contributed by atoms with E-state index in [1.54, 1.807) is 35.3 Å². The molecule has 0 radical (unpaired) electrons. The van der Waals surface area contributed by atoms with Crippen LogP contribution in [0.25, 0.3) is 0 Å². The highest BCUT2D eigenvalue weighted by Gasteiger charge is 2.13. The molecule has 170 valence electrons. The Morgan fingerprint density at radius 1 is 1.22 bits per heavy atom. The summed E-state index contributed by atoms with van der Waals surface area (Å²) in [4.78, 5) is 29.7.